The Labute approximate surface area is 291 Å². The molecule has 7 rings (SSSR count). The van der Waals surface area contributed by atoms with Gasteiger partial charge in [0.05, 0.1) is 41.9 Å². The van der Waals surface area contributed by atoms with Crippen LogP contribution in [0.4, 0.5) is 4.39 Å². The normalized spacial score (nSPS) is 13.8. The molecule has 1 aliphatic heterocycles. The summed E-state index contributed by atoms with van der Waals surface area (Å²) in [7, 11) is 1.93. The zero-order valence-electron chi connectivity index (χ0n) is 29.8. The minimum atomic E-state index is -1.14. The van der Waals surface area contributed by atoms with Gasteiger partial charge in [0.15, 0.2) is 23.3 Å². The van der Waals surface area contributed by atoms with Crippen molar-refractivity contribution < 1.29 is 23.4 Å². The van der Waals surface area contributed by atoms with Gasteiger partial charge in [0.25, 0.3) is 0 Å². The fourth-order valence-corrected chi connectivity index (χ4v) is 7.02. The van der Waals surface area contributed by atoms with Gasteiger partial charge in [0.1, 0.15) is 0 Å². The molecule has 4 heterocycles. The largest absolute Gasteiger partial charge is 0.490 e. The Morgan fingerprint density at radius 2 is 1.80 bits per heavy atom. The lowest BCUT2D eigenvalue weighted by Crippen LogP contribution is -2.30. The summed E-state index contributed by atoms with van der Waals surface area (Å²) in [6.07, 6.45) is 2.18. The molecule has 0 fully saturated rings. The van der Waals surface area contributed by atoms with Crippen LogP contribution in [0.5, 0.6) is 5.75 Å². The number of esters is 1. The monoisotopic (exact) mass is 675 g/mol. The predicted molar refractivity (Wildman–Crippen MR) is 192 cm³/mol. The van der Waals surface area contributed by atoms with Crippen LogP contribution in [0.25, 0.3) is 50.2 Å². The molecule has 0 bridgehead atoms. The van der Waals surface area contributed by atoms with E-state index >= 15 is 4.39 Å². The smallest absolute Gasteiger partial charge is 0.340 e. The number of nitrogens with zero attached hydrogens (tertiary/aromatic N) is 5. The van der Waals surface area contributed by atoms with E-state index < -0.39 is 23.5 Å². The lowest BCUT2D eigenvalue weighted by atomic mass is 9.90. The summed E-state index contributed by atoms with van der Waals surface area (Å²) in [5.74, 6) is -0.719. The number of aryl methyl sites for hydroxylation is 3. The van der Waals surface area contributed by atoms with Gasteiger partial charge in [-0.3, -0.25) is 4.68 Å². The van der Waals surface area contributed by atoms with Crippen LogP contribution >= 0.6 is 0 Å². The van der Waals surface area contributed by atoms with Crippen LogP contribution < -0.4 is 4.74 Å². The molecule has 0 saturated heterocycles. The summed E-state index contributed by atoms with van der Waals surface area (Å²) in [5.41, 5.74) is 9.36. The van der Waals surface area contributed by atoms with Crippen LogP contribution in [0.2, 0.25) is 0 Å². The van der Waals surface area contributed by atoms with E-state index in [4.69, 9.17) is 24.3 Å². The Balaban J connectivity index is 1.49. The Bertz CT molecular complexity index is 2300. The minimum Gasteiger partial charge on any atom is -0.490 e. The molecule has 1 atom stereocenters. The van der Waals surface area contributed by atoms with Gasteiger partial charge in [-0.15, -0.1) is 0 Å². The average Bonchev–Trinajstić information content (AvgIpc) is 3.63. The lowest BCUT2D eigenvalue weighted by Gasteiger charge is -2.29. The van der Waals surface area contributed by atoms with Gasteiger partial charge in [-0.25, -0.2) is 18.7 Å². The van der Waals surface area contributed by atoms with Gasteiger partial charge in [-0.05, 0) is 102 Å². The second-order valence-corrected chi connectivity index (χ2v) is 13.9. The molecule has 3 aromatic heterocycles. The van der Waals surface area contributed by atoms with Crippen molar-refractivity contribution in [2.24, 2.45) is 7.05 Å². The van der Waals surface area contributed by atoms with Crippen molar-refractivity contribution in [3.05, 3.63) is 88.5 Å². The quantitative estimate of drug-likeness (QED) is 0.157. The summed E-state index contributed by atoms with van der Waals surface area (Å²) in [4.78, 5) is 18.8. The second-order valence-electron chi connectivity index (χ2n) is 13.9. The van der Waals surface area contributed by atoms with E-state index in [1.54, 1.807) is 11.4 Å². The molecule has 0 aliphatic carbocycles. The highest BCUT2D eigenvalue weighted by molar-refractivity contribution is 5.87. The molecular weight excluding hydrogens is 633 g/mol. The van der Waals surface area contributed by atoms with Gasteiger partial charge in [-0.2, -0.15) is 10.2 Å². The molecule has 10 heteroatoms. The molecular formula is C40H42FN5O4. The number of benzene rings is 3. The van der Waals surface area contributed by atoms with Gasteiger partial charge >= 0.3 is 5.97 Å². The van der Waals surface area contributed by atoms with Crippen LogP contribution in [0.15, 0.2) is 54.7 Å². The van der Waals surface area contributed by atoms with E-state index in [9.17, 15) is 4.79 Å². The van der Waals surface area contributed by atoms with Gasteiger partial charge in [0.2, 0.25) is 0 Å². The molecule has 0 saturated carbocycles. The van der Waals surface area contributed by atoms with Crippen molar-refractivity contribution in [1.82, 2.24) is 24.4 Å². The highest BCUT2D eigenvalue weighted by Crippen LogP contribution is 2.43. The highest BCUT2D eigenvalue weighted by Gasteiger charge is 2.36. The number of rotatable bonds is 7. The van der Waals surface area contributed by atoms with E-state index in [1.165, 1.54) is 6.07 Å². The number of halogens is 1. The lowest BCUT2D eigenvalue weighted by molar-refractivity contribution is -0.166. The standard InChI is InChI=1S/C40H42FN5O4/c1-9-48-39(47)37(50-40(5,6)7)33-24(4)43-38-23(3)34(27-13-10-12-25(18-27)26-15-16-32-28(19-26)21-42-45(32)8)44-46(38)35(33)30-20-31(41)36-29(22(30)2)14-11-17-49-36/h10,12-13,15-16,18-21,37H,9,11,14,17H2,1-8H3. The van der Waals surface area contributed by atoms with Crippen molar-refractivity contribution in [2.45, 2.75) is 73.0 Å². The first-order valence-corrected chi connectivity index (χ1v) is 17.1. The minimum absolute atomic E-state index is 0.172. The molecule has 0 spiro atoms. The average molecular weight is 676 g/mol. The summed E-state index contributed by atoms with van der Waals surface area (Å²) in [6, 6.07) is 16.0. The van der Waals surface area contributed by atoms with Crippen molar-refractivity contribution >= 4 is 22.5 Å². The fourth-order valence-electron chi connectivity index (χ4n) is 7.02. The first kappa shape index (κ1) is 33.4. The van der Waals surface area contributed by atoms with E-state index in [2.05, 4.69) is 35.4 Å². The van der Waals surface area contributed by atoms with Crippen LogP contribution in [-0.4, -0.2) is 49.2 Å². The zero-order valence-corrected chi connectivity index (χ0v) is 29.8. The molecule has 1 aliphatic rings. The summed E-state index contributed by atoms with van der Waals surface area (Å²) >= 11 is 0. The highest BCUT2D eigenvalue weighted by atomic mass is 19.1. The third-order valence-corrected chi connectivity index (χ3v) is 9.36. The van der Waals surface area contributed by atoms with Crippen molar-refractivity contribution in [1.29, 1.82) is 0 Å². The molecule has 6 aromatic rings. The maximum Gasteiger partial charge on any atom is 0.340 e. The van der Waals surface area contributed by atoms with Crippen LogP contribution in [0.3, 0.4) is 0 Å². The van der Waals surface area contributed by atoms with Crippen LogP contribution in [-0.2, 0) is 27.7 Å². The van der Waals surface area contributed by atoms with Gasteiger partial charge < -0.3 is 14.2 Å². The Morgan fingerprint density at radius 1 is 1.04 bits per heavy atom. The number of ether oxygens (including phenoxy) is 3. The maximum absolute atomic E-state index is 15.9. The second kappa shape index (κ2) is 12.7. The topological polar surface area (TPSA) is 92.8 Å². The number of fused-ring (bicyclic) bond motifs is 3. The summed E-state index contributed by atoms with van der Waals surface area (Å²) in [5, 5.41) is 10.6. The SMILES string of the molecule is CCOC(=O)C(OC(C)(C)C)c1c(C)nc2c(C)c(-c3cccc(-c4ccc5c(cnn5C)c4)c3)nn2c1-c1cc(F)c2c(c1C)CCCO2. The first-order valence-electron chi connectivity index (χ1n) is 17.1. The van der Waals surface area contributed by atoms with E-state index in [-0.39, 0.29) is 12.4 Å². The number of hydrogen-bond donors (Lipinski definition) is 0. The van der Waals surface area contributed by atoms with Crippen LogP contribution in [0, 0.1) is 26.6 Å². The number of carbonyl (C=O) groups is 1. The third kappa shape index (κ3) is 5.81. The Hall–Kier alpha value is -5.09. The molecule has 0 amide bonds. The van der Waals surface area contributed by atoms with Crippen LogP contribution in [0.1, 0.15) is 68.2 Å². The van der Waals surface area contributed by atoms with E-state index in [0.717, 1.165) is 56.4 Å². The molecule has 3 aromatic carbocycles. The molecule has 50 heavy (non-hydrogen) atoms. The van der Waals surface area contributed by atoms with Crippen molar-refractivity contribution in [3.63, 3.8) is 0 Å². The predicted octanol–water partition coefficient (Wildman–Crippen LogP) is 8.43. The van der Waals surface area contributed by atoms with E-state index in [0.29, 0.717) is 41.2 Å². The maximum atomic E-state index is 15.9. The molecule has 9 nitrogen and oxygen atoms in total. The number of aromatic nitrogens is 5. The van der Waals surface area contributed by atoms with E-state index in [1.807, 2.05) is 71.6 Å². The van der Waals surface area contributed by atoms with Gasteiger partial charge in [0, 0.05) is 45.9 Å². The first-order chi connectivity index (χ1) is 23.9. The van der Waals surface area contributed by atoms with Gasteiger partial charge in [-0.1, -0.05) is 24.3 Å². The molecule has 0 N–H and O–H groups in total. The fraction of sp³-hybridized carbons (Fsp3) is 0.350. The van der Waals surface area contributed by atoms with Crippen molar-refractivity contribution in [2.75, 3.05) is 13.2 Å². The van der Waals surface area contributed by atoms with Crippen molar-refractivity contribution in [3.8, 4) is 39.4 Å². The molecule has 1 unspecified atom stereocenters. The number of carbonyl (C=O) groups excluding carboxylic acids is 1. The summed E-state index contributed by atoms with van der Waals surface area (Å²) in [6.45, 7) is 13.9. The summed E-state index contributed by atoms with van der Waals surface area (Å²) < 4.78 is 37.4. The Morgan fingerprint density at radius 3 is 2.56 bits per heavy atom. The Kier molecular flexibility index (Phi) is 8.46. The molecule has 258 valence electrons. The third-order valence-electron chi connectivity index (χ3n) is 9.36. The molecule has 0 radical (unpaired) electrons. The number of hydrogen-bond acceptors (Lipinski definition) is 7. The zero-order chi connectivity index (χ0) is 35.5.